The second kappa shape index (κ2) is 64.5. The Balaban J connectivity index is 4.53. The van der Waals surface area contributed by atoms with Gasteiger partial charge in [-0.15, -0.1) is 0 Å². The minimum atomic E-state index is -0.850. The molecule has 0 aliphatic rings. The highest BCUT2D eigenvalue weighted by Gasteiger charge is 2.19. The van der Waals surface area contributed by atoms with E-state index in [1.807, 2.05) is 12.2 Å². The third-order valence-corrected chi connectivity index (χ3v) is 11.8. The lowest BCUT2D eigenvalue weighted by Gasteiger charge is -2.18. The van der Waals surface area contributed by atoms with Crippen LogP contribution in [0.4, 0.5) is 0 Å². The van der Waals surface area contributed by atoms with Crippen LogP contribution in [0.1, 0.15) is 213 Å². The standard InChI is InChI=1S/C73H108O6/c1-4-7-10-13-16-19-22-25-27-29-31-32-33-34-35-36-37-38-39-40-42-43-45-48-51-54-57-60-63-66-72(75)78-69-70(68-77-71(74)65-62-59-56-53-50-47-24-21-18-15-12-9-6-3)79-73(76)67-64-61-58-55-52-49-46-44-41-30-28-26-23-20-17-14-11-8-5-2/h7-12,16-21,25-28,31-32,34-35,37-38,40-42,44-45,47-50,52,56,59,70H,4-6,13-15,22-24,29-30,33,36,39,43,46,51,53-55,57-58,60-69H2,1-3H3/b10-7-,11-8-,12-9-,19-16-,20-17-,21-18-,27-25-,28-26-,32-31-,35-34-,38-37-,42-40-,44-41-,48-45-,50-47-,52-49-,59-56-. The first kappa shape index (κ1) is 73.0. The summed E-state index contributed by atoms with van der Waals surface area (Å²) in [5.74, 6) is -1.09. The highest BCUT2D eigenvalue weighted by Crippen LogP contribution is 2.11. The van der Waals surface area contributed by atoms with Crippen LogP contribution in [-0.4, -0.2) is 37.2 Å². The number of allylic oxidation sites excluding steroid dienone is 34. The van der Waals surface area contributed by atoms with E-state index in [-0.39, 0.29) is 44.0 Å². The van der Waals surface area contributed by atoms with Crippen LogP contribution in [0.2, 0.25) is 0 Å². The molecule has 0 saturated carbocycles. The summed E-state index contributed by atoms with van der Waals surface area (Å²) in [5.41, 5.74) is 0. The third-order valence-electron chi connectivity index (χ3n) is 11.8. The zero-order valence-corrected chi connectivity index (χ0v) is 49.8. The van der Waals surface area contributed by atoms with E-state index >= 15 is 0 Å². The van der Waals surface area contributed by atoms with Crippen LogP contribution in [0.25, 0.3) is 0 Å². The minimum Gasteiger partial charge on any atom is -0.462 e. The third kappa shape index (κ3) is 62.7. The largest absolute Gasteiger partial charge is 0.462 e. The summed E-state index contributed by atoms with van der Waals surface area (Å²) in [6, 6.07) is 0. The van der Waals surface area contributed by atoms with Crippen molar-refractivity contribution in [1.29, 1.82) is 0 Å². The lowest BCUT2D eigenvalue weighted by Crippen LogP contribution is -2.30. The average molecular weight is 1080 g/mol. The van der Waals surface area contributed by atoms with Gasteiger partial charge in [0.25, 0.3) is 0 Å². The Morgan fingerprint density at radius 1 is 0.253 bits per heavy atom. The van der Waals surface area contributed by atoms with Crippen molar-refractivity contribution in [1.82, 2.24) is 0 Å². The summed E-state index contributed by atoms with van der Waals surface area (Å²) in [7, 11) is 0. The summed E-state index contributed by atoms with van der Waals surface area (Å²) < 4.78 is 16.8. The fraction of sp³-hybridized carbons (Fsp3) is 0.493. The smallest absolute Gasteiger partial charge is 0.306 e. The van der Waals surface area contributed by atoms with Crippen molar-refractivity contribution in [3.05, 3.63) is 207 Å². The zero-order chi connectivity index (χ0) is 57.1. The predicted octanol–water partition coefficient (Wildman–Crippen LogP) is 21.2. The maximum absolute atomic E-state index is 12.9. The number of carbonyl (C=O) groups excluding carboxylic acids is 3. The average Bonchev–Trinajstić information content (AvgIpc) is 3.45. The van der Waals surface area contributed by atoms with Crippen molar-refractivity contribution in [3.8, 4) is 0 Å². The van der Waals surface area contributed by atoms with Crippen molar-refractivity contribution in [2.75, 3.05) is 13.2 Å². The predicted molar refractivity (Wildman–Crippen MR) is 343 cm³/mol. The van der Waals surface area contributed by atoms with Gasteiger partial charge in [-0.1, -0.05) is 247 Å². The van der Waals surface area contributed by atoms with Gasteiger partial charge in [0.05, 0.1) is 0 Å². The number of esters is 3. The maximum atomic E-state index is 12.9. The molecular formula is C73H108O6. The molecule has 0 fully saturated rings. The number of rotatable bonds is 52. The lowest BCUT2D eigenvalue weighted by atomic mass is 10.1. The molecule has 0 aliphatic carbocycles. The Bertz CT molecular complexity index is 1960. The van der Waals surface area contributed by atoms with E-state index in [1.54, 1.807) is 0 Å². The molecule has 0 spiro atoms. The van der Waals surface area contributed by atoms with Gasteiger partial charge in [0.1, 0.15) is 13.2 Å². The molecule has 0 aromatic carbocycles. The summed E-state index contributed by atoms with van der Waals surface area (Å²) in [6.07, 6.45) is 99.8. The van der Waals surface area contributed by atoms with E-state index in [2.05, 4.69) is 215 Å². The molecule has 0 amide bonds. The first-order chi connectivity index (χ1) is 39.0. The number of hydrogen-bond acceptors (Lipinski definition) is 6. The van der Waals surface area contributed by atoms with Gasteiger partial charge in [0.15, 0.2) is 6.10 Å². The molecule has 1 atom stereocenters. The summed E-state index contributed by atoms with van der Waals surface area (Å²) in [4.78, 5) is 38.2. The van der Waals surface area contributed by atoms with E-state index in [0.717, 1.165) is 161 Å². The minimum absolute atomic E-state index is 0.139. The topological polar surface area (TPSA) is 78.9 Å². The molecule has 79 heavy (non-hydrogen) atoms. The molecular weight excluding hydrogens is 973 g/mol. The van der Waals surface area contributed by atoms with Gasteiger partial charge in [-0.25, -0.2) is 0 Å². The Labute approximate surface area is 483 Å². The van der Waals surface area contributed by atoms with Gasteiger partial charge in [-0.05, 0) is 154 Å². The van der Waals surface area contributed by atoms with E-state index in [4.69, 9.17) is 14.2 Å². The molecule has 0 aromatic rings. The van der Waals surface area contributed by atoms with Crippen molar-refractivity contribution in [3.63, 3.8) is 0 Å². The SMILES string of the molecule is CC/C=C\C/C=C\C/C=C\C/C=C\C/C=C\C/C=C\C/C=C\C/C=C\CCCCCCC(=O)OCC(COC(=O)CC/C=C\C/C=C\C/C=C\C/C=C\CC)OC(=O)CCCCC/C=C\C/C=C\C/C=C\C/C=C\C/C=C\CC. The highest BCUT2D eigenvalue weighted by atomic mass is 16.6. The number of carbonyl (C=O) groups is 3. The molecule has 0 N–H and O–H groups in total. The van der Waals surface area contributed by atoms with Gasteiger partial charge >= 0.3 is 17.9 Å². The fourth-order valence-corrected chi connectivity index (χ4v) is 7.32. The van der Waals surface area contributed by atoms with Crippen LogP contribution in [0, 0.1) is 0 Å². The Hall–Kier alpha value is -6.01. The lowest BCUT2D eigenvalue weighted by molar-refractivity contribution is -0.166. The molecule has 6 nitrogen and oxygen atoms in total. The molecule has 1 unspecified atom stereocenters. The number of ether oxygens (including phenoxy) is 3. The van der Waals surface area contributed by atoms with Gasteiger partial charge in [0, 0.05) is 19.3 Å². The molecule has 0 bridgehead atoms. The molecule has 0 heterocycles. The van der Waals surface area contributed by atoms with Gasteiger partial charge in [0.2, 0.25) is 0 Å². The van der Waals surface area contributed by atoms with Crippen LogP contribution in [0.15, 0.2) is 207 Å². The van der Waals surface area contributed by atoms with Crippen molar-refractivity contribution >= 4 is 17.9 Å². The zero-order valence-electron chi connectivity index (χ0n) is 49.8. The number of hydrogen-bond donors (Lipinski definition) is 0. The normalized spacial score (nSPS) is 13.6. The second-order valence-corrected chi connectivity index (χ2v) is 19.1. The maximum Gasteiger partial charge on any atom is 0.306 e. The van der Waals surface area contributed by atoms with Gasteiger partial charge in [-0.2, -0.15) is 0 Å². The molecule has 6 heteroatoms. The molecule has 0 rings (SSSR count). The van der Waals surface area contributed by atoms with Gasteiger partial charge in [-0.3, -0.25) is 14.4 Å². The summed E-state index contributed by atoms with van der Waals surface area (Å²) >= 11 is 0. The Morgan fingerprint density at radius 3 is 0.785 bits per heavy atom. The van der Waals surface area contributed by atoms with Crippen molar-refractivity contribution in [2.24, 2.45) is 0 Å². The van der Waals surface area contributed by atoms with E-state index in [0.29, 0.717) is 19.3 Å². The van der Waals surface area contributed by atoms with Crippen LogP contribution in [0.3, 0.4) is 0 Å². The highest BCUT2D eigenvalue weighted by molar-refractivity contribution is 5.71. The van der Waals surface area contributed by atoms with Crippen LogP contribution in [0.5, 0.6) is 0 Å². The molecule has 0 aliphatic heterocycles. The van der Waals surface area contributed by atoms with Crippen molar-refractivity contribution < 1.29 is 28.6 Å². The van der Waals surface area contributed by atoms with Gasteiger partial charge < -0.3 is 14.2 Å². The molecule has 0 aromatic heterocycles. The quantitative estimate of drug-likeness (QED) is 0.0261. The van der Waals surface area contributed by atoms with E-state index < -0.39 is 6.10 Å². The second-order valence-electron chi connectivity index (χ2n) is 19.1. The van der Waals surface area contributed by atoms with Crippen molar-refractivity contribution in [2.45, 2.75) is 219 Å². The summed E-state index contributed by atoms with van der Waals surface area (Å²) in [5, 5.41) is 0. The monoisotopic (exact) mass is 1080 g/mol. The molecule has 436 valence electrons. The van der Waals surface area contributed by atoms with Crippen LogP contribution >= 0.6 is 0 Å². The van der Waals surface area contributed by atoms with E-state index in [9.17, 15) is 14.4 Å². The first-order valence-corrected chi connectivity index (χ1v) is 30.6. The van der Waals surface area contributed by atoms with Crippen LogP contribution < -0.4 is 0 Å². The van der Waals surface area contributed by atoms with Crippen LogP contribution in [-0.2, 0) is 28.6 Å². The Morgan fingerprint density at radius 2 is 0.481 bits per heavy atom. The molecule has 0 radical (unpaired) electrons. The summed E-state index contributed by atoms with van der Waals surface area (Å²) in [6.45, 7) is 6.15. The number of unbranched alkanes of at least 4 members (excludes halogenated alkanes) is 7. The van der Waals surface area contributed by atoms with E-state index in [1.165, 1.54) is 0 Å². The fourth-order valence-electron chi connectivity index (χ4n) is 7.32. The Kier molecular flexibility index (Phi) is 59.6. The first-order valence-electron chi connectivity index (χ1n) is 30.6. The molecule has 0 saturated heterocycles.